The normalized spacial score (nSPS) is 15.1. The lowest BCUT2D eigenvalue weighted by Crippen LogP contribution is -2.11. The molecule has 0 unspecified atom stereocenters. The van der Waals surface area contributed by atoms with Gasteiger partial charge >= 0.3 is 0 Å². The van der Waals surface area contributed by atoms with Crippen LogP contribution in [0, 0.1) is 5.92 Å². The number of halogens is 1. The average Bonchev–Trinajstić information content (AvgIpc) is 2.44. The van der Waals surface area contributed by atoms with Crippen LogP contribution < -0.4 is 11.1 Å². The van der Waals surface area contributed by atoms with Crippen LogP contribution in [0.5, 0.6) is 0 Å². The molecule has 2 rings (SSSR count). The van der Waals surface area contributed by atoms with E-state index in [0.29, 0.717) is 22.6 Å². The second-order valence-corrected chi connectivity index (χ2v) is 6.43. The molecular formula is C16H25ClN4. The number of anilines is 2. The molecule has 0 saturated heterocycles. The van der Waals surface area contributed by atoms with E-state index in [1.807, 2.05) is 0 Å². The van der Waals surface area contributed by atoms with Crippen molar-refractivity contribution in [1.29, 1.82) is 0 Å². The number of rotatable bonds is 6. The number of nitrogens with two attached hydrogens (primary N) is 1. The zero-order chi connectivity index (χ0) is 15.2. The third kappa shape index (κ3) is 4.88. The van der Waals surface area contributed by atoms with Crippen LogP contribution in [0.15, 0.2) is 11.6 Å². The van der Waals surface area contributed by atoms with Gasteiger partial charge in [0.15, 0.2) is 11.0 Å². The van der Waals surface area contributed by atoms with Crippen molar-refractivity contribution in [3.63, 3.8) is 0 Å². The van der Waals surface area contributed by atoms with Crippen molar-refractivity contribution in [1.82, 2.24) is 9.97 Å². The highest BCUT2D eigenvalue weighted by Crippen LogP contribution is 2.25. The standard InChI is InChI=1S/C16H25ClN4/c1-11(2)10-13-20-15(17)14(18)16(21-13)19-9-8-12-6-4-3-5-7-12/h6,11H,3-5,7-10,18H2,1-2H3,(H,19,20,21). The summed E-state index contributed by atoms with van der Waals surface area (Å²) < 4.78 is 0. The van der Waals surface area contributed by atoms with Crippen LogP contribution >= 0.6 is 11.6 Å². The van der Waals surface area contributed by atoms with Crippen molar-refractivity contribution < 1.29 is 0 Å². The van der Waals surface area contributed by atoms with Crippen molar-refractivity contribution in [3.05, 3.63) is 22.6 Å². The molecule has 116 valence electrons. The minimum absolute atomic E-state index is 0.347. The Morgan fingerprint density at radius 3 is 2.81 bits per heavy atom. The van der Waals surface area contributed by atoms with Gasteiger partial charge in [-0.05, 0) is 38.0 Å². The van der Waals surface area contributed by atoms with Crippen molar-refractivity contribution in [2.45, 2.75) is 52.4 Å². The Bertz CT molecular complexity index is 511. The highest BCUT2D eigenvalue weighted by atomic mass is 35.5. The topological polar surface area (TPSA) is 63.8 Å². The molecule has 0 bridgehead atoms. The lowest BCUT2D eigenvalue weighted by Gasteiger charge is -2.15. The van der Waals surface area contributed by atoms with Crippen molar-refractivity contribution in [3.8, 4) is 0 Å². The maximum atomic E-state index is 6.10. The van der Waals surface area contributed by atoms with Crippen LogP contribution in [0.2, 0.25) is 5.15 Å². The summed E-state index contributed by atoms with van der Waals surface area (Å²) in [5, 5.41) is 3.66. The zero-order valence-corrected chi connectivity index (χ0v) is 13.7. The summed E-state index contributed by atoms with van der Waals surface area (Å²) in [4.78, 5) is 8.75. The molecule has 21 heavy (non-hydrogen) atoms. The van der Waals surface area contributed by atoms with Gasteiger partial charge in [0, 0.05) is 13.0 Å². The molecule has 0 radical (unpaired) electrons. The fourth-order valence-corrected chi connectivity index (χ4v) is 2.74. The van der Waals surface area contributed by atoms with Crippen LogP contribution in [0.25, 0.3) is 0 Å². The first-order valence-corrected chi connectivity index (χ1v) is 8.17. The molecule has 1 aromatic rings. The number of nitrogens with zero attached hydrogens (tertiary/aromatic N) is 2. The Morgan fingerprint density at radius 1 is 1.33 bits per heavy atom. The molecular weight excluding hydrogens is 284 g/mol. The Balaban J connectivity index is 1.97. The molecule has 0 amide bonds. The molecule has 1 aromatic heterocycles. The minimum atomic E-state index is 0.347. The Hall–Kier alpha value is -1.29. The smallest absolute Gasteiger partial charge is 0.157 e. The number of nitrogens with one attached hydrogen (secondary N) is 1. The van der Waals surface area contributed by atoms with E-state index in [1.165, 1.54) is 31.3 Å². The lowest BCUT2D eigenvalue weighted by atomic mass is 9.97. The molecule has 0 saturated carbocycles. The second-order valence-electron chi connectivity index (χ2n) is 6.08. The Kier molecular flexibility index (Phi) is 5.85. The van der Waals surface area contributed by atoms with Gasteiger partial charge in [0.25, 0.3) is 0 Å². The van der Waals surface area contributed by atoms with Crippen LogP contribution in [0.4, 0.5) is 11.5 Å². The van der Waals surface area contributed by atoms with Gasteiger partial charge in [-0.15, -0.1) is 0 Å². The molecule has 0 fully saturated rings. The molecule has 4 nitrogen and oxygen atoms in total. The highest BCUT2D eigenvalue weighted by molar-refractivity contribution is 6.32. The number of aromatic nitrogens is 2. The number of hydrogen-bond acceptors (Lipinski definition) is 4. The second kappa shape index (κ2) is 7.64. The van der Waals surface area contributed by atoms with Gasteiger partial charge in [0.1, 0.15) is 11.5 Å². The summed E-state index contributed by atoms with van der Waals surface area (Å²) in [5.41, 5.74) is 7.95. The first-order chi connectivity index (χ1) is 10.1. The first-order valence-electron chi connectivity index (χ1n) is 7.80. The van der Waals surface area contributed by atoms with Crippen LogP contribution in [-0.2, 0) is 6.42 Å². The van der Waals surface area contributed by atoms with E-state index >= 15 is 0 Å². The summed E-state index contributed by atoms with van der Waals surface area (Å²) in [6.07, 6.45) is 9.29. The molecule has 1 aliphatic carbocycles. The molecule has 5 heteroatoms. The third-order valence-electron chi connectivity index (χ3n) is 3.66. The van der Waals surface area contributed by atoms with E-state index in [2.05, 4.69) is 35.2 Å². The van der Waals surface area contributed by atoms with Gasteiger partial charge in [-0.1, -0.05) is 37.1 Å². The summed E-state index contributed by atoms with van der Waals surface area (Å²) in [7, 11) is 0. The van der Waals surface area contributed by atoms with E-state index in [-0.39, 0.29) is 0 Å². The Morgan fingerprint density at radius 2 is 2.14 bits per heavy atom. The maximum absolute atomic E-state index is 6.10. The van der Waals surface area contributed by atoms with Gasteiger partial charge in [-0.3, -0.25) is 0 Å². The van der Waals surface area contributed by atoms with Gasteiger partial charge in [-0.2, -0.15) is 0 Å². The van der Waals surface area contributed by atoms with Crippen molar-refractivity contribution >= 4 is 23.1 Å². The van der Waals surface area contributed by atoms with Crippen LogP contribution in [0.1, 0.15) is 51.8 Å². The van der Waals surface area contributed by atoms with Gasteiger partial charge in [0.2, 0.25) is 0 Å². The van der Waals surface area contributed by atoms with Gasteiger partial charge in [-0.25, -0.2) is 9.97 Å². The van der Waals surface area contributed by atoms with Gasteiger partial charge < -0.3 is 11.1 Å². The third-order valence-corrected chi connectivity index (χ3v) is 3.95. The van der Waals surface area contributed by atoms with E-state index in [1.54, 1.807) is 0 Å². The molecule has 1 aliphatic rings. The summed E-state index contributed by atoms with van der Waals surface area (Å²) >= 11 is 6.10. The number of hydrogen-bond donors (Lipinski definition) is 2. The molecule has 3 N–H and O–H groups in total. The molecule has 0 atom stereocenters. The highest BCUT2D eigenvalue weighted by Gasteiger charge is 2.11. The van der Waals surface area contributed by atoms with E-state index in [4.69, 9.17) is 17.3 Å². The van der Waals surface area contributed by atoms with Crippen LogP contribution in [-0.4, -0.2) is 16.5 Å². The first kappa shape index (κ1) is 16.1. The SMILES string of the molecule is CC(C)Cc1nc(Cl)c(N)c(NCCC2=CCCCC2)n1. The predicted octanol–water partition coefficient (Wildman–Crippen LogP) is 4.21. The fraction of sp³-hybridized carbons (Fsp3) is 0.625. The van der Waals surface area contributed by atoms with Crippen molar-refractivity contribution in [2.24, 2.45) is 5.92 Å². The summed E-state index contributed by atoms with van der Waals surface area (Å²) in [6.45, 7) is 5.11. The van der Waals surface area contributed by atoms with E-state index in [9.17, 15) is 0 Å². The summed E-state index contributed by atoms with van der Waals surface area (Å²) in [5.74, 6) is 1.91. The predicted molar refractivity (Wildman–Crippen MR) is 89.7 cm³/mol. The van der Waals surface area contributed by atoms with E-state index in [0.717, 1.165) is 25.2 Å². The number of nitrogen functional groups attached to an aromatic ring is 1. The van der Waals surface area contributed by atoms with Gasteiger partial charge in [0.05, 0.1) is 0 Å². The molecule has 1 heterocycles. The minimum Gasteiger partial charge on any atom is -0.393 e. The molecule has 0 spiro atoms. The largest absolute Gasteiger partial charge is 0.393 e. The lowest BCUT2D eigenvalue weighted by molar-refractivity contribution is 0.621. The molecule has 0 aromatic carbocycles. The fourth-order valence-electron chi connectivity index (χ4n) is 2.55. The van der Waals surface area contributed by atoms with E-state index < -0.39 is 0 Å². The monoisotopic (exact) mass is 308 g/mol. The molecule has 0 aliphatic heterocycles. The average molecular weight is 309 g/mol. The quantitative estimate of drug-likeness (QED) is 0.610. The van der Waals surface area contributed by atoms with Crippen LogP contribution in [0.3, 0.4) is 0 Å². The Labute approximate surface area is 132 Å². The zero-order valence-electron chi connectivity index (χ0n) is 13.0. The summed E-state index contributed by atoms with van der Waals surface area (Å²) in [6, 6.07) is 0. The number of allylic oxidation sites excluding steroid dienone is 1. The van der Waals surface area contributed by atoms with Crippen molar-refractivity contribution in [2.75, 3.05) is 17.6 Å². The maximum Gasteiger partial charge on any atom is 0.157 e.